The molecule has 0 fully saturated rings. The molecule has 1 aromatic rings. The molecule has 3 nitrogen and oxygen atoms in total. The number of hydrogen-bond acceptors (Lipinski definition) is 2. The summed E-state index contributed by atoms with van der Waals surface area (Å²) in [5.74, 6) is -1.36. The Morgan fingerprint density at radius 1 is 1.53 bits per heavy atom. The lowest BCUT2D eigenvalue weighted by Gasteiger charge is -2.10. The fraction of sp³-hybridized carbons (Fsp3) is 0.250. The van der Waals surface area contributed by atoms with Crippen molar-refractivity contribution in [3.8, 4) is 0 Å². The van der Waals surface area contributed by atoms with Gasteiger partial charge in [-0.2, -0.15) is 13.2 Å². The highest BCUT2D eigenvalue weighted by atomic mass is 35.5. The van der Waals surface area contributed by atoms with Gasteiger partial charge in [0.25, 0.3) is 0 Å². The Balaban J connectivity index is 3.20. The highest BCUT2D eigenvalue weighted by molar-refractivity contribution is 6.29. The minimum Gasteiger partial charge on any atom is -0.481 e. The number of halogens is 4. The summed E-state index contributed by atoms with van der Waals surface area (Å²) in [6.07, 6.45) is -4.55. The van der Waals surface area contributed by atoms with Crippen molar-refractivity contribution in [2.75, 3.05) is 0 Å². The van der Waals surface area contributed by atoms with E-state index in [0.717, 1.165) is 6.20 Å². The van der Waals surface area contributed by atoms with Gasteiger partial charge in [0, 0.05) is 6.20 Å². The van der Waals surface area contributed by atoms with E-state index in [-0.39, 0.29) is 5.15 Å². The standard InChI is InChI=1S/C8H5ClF3NO2/c9-6-2-5(8(10,11)12)4(3-13-6)1-7(14)15/h2-3H,1H2,(H,14,15). The summed E-state index contributed by atoms with van der Waals surface area (Å²) in [4.78, 5) is 13.7. The van der Waals surface area contributed by atoms with Crippen LogP contribution in [0, 0.1) is 0 Å². The van der Waals surface area contributed by atoms with Crippen molar-refractivity contribution in [2.24, 2.45) is 0 Å². The number of carbonyl (C=O) groups is 1. The molecule has 1 rings (SSSR count). The van der Waals surface area contributed by atoms with Crippen LogP contribution in [0.5, 0.6) is 0 Å². The third kappa shape index (κ3) is 3.09. The minimum absolute atomic E-state index is 0.323. The summed E-state index contributed by atoms with van der Waals surface area (Å²) in [6, 6.07) is 0.611. The van der Waals surface area contributed by atoms with E-state index in [1.54, 1.807) is 0 Å². The quantitative estimate of drug-likeness (QED) is 0.806. The average Bonchev–Trinajstić information content (AvgIpc) is 2.05. The Morgan fingerprint density at radius 2 is 2.13 bits per heavy atom. The van der Waals surface area contributed by atoms with Crippen LogP contribution < -0.4 is 0 Å². The molecule has 0 aliphatic heterocycles. The topological polar surface area (TPSA) is 50.2 Å². The molecule has 1 heterocycles. The van der Waals surface area contributed by atoms with Crippen LogP contribution in [-0.2, 0) is 17.4 Å². The fourth-order valence-electron chi connectivity index (χ4n) is 1.03. The molecule has 0 unspecified atom stereocenters. The van der Waals surface area contributed by atoms with Crippen LogP contribution >= 0.6 is 11.6 Å². The molecule has 0 aliphatic rings. The van der Waals surface area contributed by atoms with Crippen molar-refractivity contribution in [3.63, 3.8) is 0 Å². The van der Waals surface area contributed by atoms with E-state index in [2.05, 4.69) is 4.98 Å². The molecule has 0 saturated heterocycles. The number of hydrogen-bond donors (Lipinski definition) is 1. The predicted molar refractivity (Wildman–Crippen MR) is 45.6 cm³/mol. The molecule has 82 valence electrons. The van der Waals surface area contributed by atoms with Gasteiger partial charge in [0.1, 0.15) is 5.15 Å². The number of aromatic nitrogens is 1. The lowest BCUT2D eigenvalue weighted by atomic mass is 10.1. The maximum absolute atomic E-state index is 12.4. The van der Waals surface area contributed by atoms with E-state index in [1.165, 1.54) is 0 Å². The second-order valence-corrected chi connectivity index (χ2v) is 3.12. The first kappa shape index (κ1) is 11.8. The Morgan fingerprint density at radius 3 is 2.60 bits per heavy atom. The van der Waals surface area contributed by atoms with Gasteiger partial charge in [-0.1, -0.05) is 11.6 Å². The van der Waals surface area contributed by atoms with Gasteiger partial charge in [-0.05, 0) is 11.6 Å². The first-order valence-corrected chi connectivity index (χ1v) is 4.12. The van der Waals surface area contributed by atoms with Crippen molar-refractivity contribution in [1.29, 1.82) is 0 Å². The van der Waals surface area contributed by atoms with Gasteiger partial charge in [0.2, 0.25) is 0 Å². The van der Waals surface area contributed by atoms with E-state index < -0.39 is 29.7 Å². The third-order valence-corrected chi connectivity index (χ3v) is 1.81. The smallest absolute Gasteiger partial charge is 0.416 e. The van der Waals surface area contributed by atoms with Crippen LogP contribution in [-0.4, -0.2) is 16.1 Å². The molecule has 0 saturated carbocycles. The molecule has 0 bridgehead atoms. The monoisotopic (exact) mass is 239 g/mol. The summed E-state index contributed by atoms with van der Waals surface area (Å²) in [5, 5.41) is 8.08. The lowest BCUT2D eigenvalue weighted by Crippen LogP contribution is -2.12. The normalized spacial score (nSPS) is 11.5. The maximum atomic E-state index is 12.4. The van der Waals surface area contributed by atoms with Crippen LogP contribution in [0.3, 0.4) is 0 Å². The molecular formula is C8H5ClF3NO2. The highest BCUT2D eigenvalue weighted by Crippen LogP contribution is 2.33. The number of carboxylic acid groups (broad SMARTS) is 1. The number of pyridine rings is 1. The lowest BCUT2D eigenvalue weighted by molar-refractivity contribution is -0.139. The number of carboxylic acids is 1. The maximum Gasteiger partial charge on any atom is 0.416 e. The van der Waals surface area contributed by atoms with E-state index in [9.17, 15) is 18.0 Å². The number of nitrogens with zero attached hydrogens (tertiary/aromatic N) is 1. The Hall–Kier alpha value is -1.30. The summed E-state index contributed by atoms with van der Waals surface area (Å²) in [6.45, 7) is 0. The first-order valence-electron chi connectivity index (χ1n) is 3.74. The van der Waals surface area contributed by atoms with E-state index in [4.69, 9.17) is 16.7 Å². The molecule has 0 radical (unpaired) electrons. The number of aliphatic carboxylic acids is 1. The van der Waals surface area contributed by atoms with Gasteiger partial charge in [-0.3, -0.25) is 4.79 Å². The Kier molecular flexibility index (Phi) is 3.18. The summed E-state index contributed by atoms with van der Waals surface area (Å²) < 4.78 is 37.2. The zero-order chi connectivity index (χ0) is 11.6. The second-order valence-electron chi connectivity index (χ2n) is 2.73. The molecule has 15 heavy (non-hydrogen) atoms. The molecule has 1 N–H and O–H groups in total. The van der Waals surface area contributed by atoms with E-state index in [0.29, 0.717) is 6.07 Å². The molecule has 1 aromatic heterocycles. The number of alkyl halides is 3. The van der Waals surface area contributed by atoms with Crippen molar-refractivity contribution in [3.05, 3.63) is 28.5 Å². The second kappa shape index (κ2) is 4.06. The summed E-state index contributed by atoms with van der Waals surface area (Å²) >= 11 is 5.30. The highest BCUT2D eigenvalue weighted by Gasteiger charge is 2.34. The summed E-state index contributed by atoms with van der Waals surface area (Å²) in [5.41, 5.74) is -1.47. The van der Waals surface area contributed by atoms with Gasteiger partial charge in [-0.15, -0.1) is 0 Å². The van der Waals surface area contributed by atoms with Crippen LogP contribution in [0.2, 0.25) is 5.15 Å². The van der Waals surface area contributed by atoms with Gasteiger partial charge in [0.05, 0.1) is 12.0 Å². The SMILES string of the molecule is O=C(O)Cc1cnc(Cl)cc1C(F)(F)F. The van der Waals surface area contributed by atoms with Crippen molar-refractivity contribution >= 4 is 17.6 Å². The zero-order valence-corrected chi connectivity index (χ0v) is 7.93. The van der Waals surface area contributed by atoms with Gasteiger partial charge < -0.3 is 5.11 Å². The average molecular weight is 240 g/mol. The van der Waals surface area contributed by atoms with Crippen LogP contribution in [0.1, 0.15) is 11.1 Å². The molecule has 0 aliphatic carbocycles. The van der Waals surface area contributed by atoms with E-state index >= 15 is 0 Å². The predicted octanol–water partition coefficient (Wildman–Crippen LogP) is 2.38. The van der Waals surface area contributed by atoms with Crippen LogP contribution in [0.25, 0.3) is 0 Å². The molecular weight excluding hydrogens is 235 g/mol. The van der Waals surface area contributed by atoms with Crippen LogP contribution in [0.4, 0.5) is 13.2 Å². The third-order valence-electron chi connectivity index (χ3n) is 1.60. The van der Waals surface area contributed by atoms with Crippen molar-refractivity contribution in [2.45, 2.75) is 12.6 Å². The van der Waals surface area contributed by atoms with Crippen molar-refractivity contribution in [1.82, 2.24) is 4.98 Å². The van der Waals surface area contributed by atoms with Crippen LogP contribution in [0.15, 0.2) is 12.3 Å². The van der Waals surface area contributed by atoms with Gasteiger partial charge in [-0.25, -0.2) is 4.98 Å². The van der Waals surface area contributed by atoms with Crippen molar-refractivity contribution < 1.29 is 23.1 Å². The molecule has 0 amide bonds. The number of rotatable bonds is 2. The molecule has 0 spiro atoms. The Labute approximate surface area is 87.5 Å². The molecule has 7 heteroatoms. The molecule has 0 atom stereocenters. The zero-order valence-electron chi connectivity index (χ0n) is 7.18. The minimum atomic E-state index is -4.63. The van der Waals surface area contributed by atoms with Gasteiger partial charge in [0.15, 0.2) is 0 Å². The summed E-state index contributed by atoms with van der Waals surface area (Å²) in [7, 11) is 0. The largest absolute Gasteiger partial charge is 0.481 e. The molecule has 0 aromatic carbocycles. The first-order chi connectivity index (χ1) is 6.80. The van der Waals surface area contributed by atoms with E-state index in [1.807, 2.05) is 0 Å². The van der Waals surface area contributed by atoms with Gasteiger partial charge >= 0.3 is 12.1 Å². The fourth-order valence-corrected chi connectivity index (χ4v) is 1.18. The Bertz CT molecular complexity index is 392.